The normalized spacial score (nSPS) is 16.0. The molecule has 4 rings (SSSR count). The van der Waals surface area contributed by atoms with Gasteiger partial charge in [-0.2, -0.15) is 0 Å². The van der Waals surface area contributed by atoms with Gasteiger partial charge in [-0.3, -0.25) is 4.48 Å². The van der Waals surface area contributed by atoms with Crippen molar-refractivity contribution in [2.45, 2.75) is 25.8 Å². The Morgan fingerprint density at radius 3 is 1.85 bits per heavy atom. The van der Waals surface area contributed by atoms with Crippen molar-refractivity contribution in [2.24, 2.45) is 0 Å². The Morgan fingerprint density at radius 2 is 1.37 bits per heavy atom. The van der Waals surface area contributed by atoms with Gasteiger partial charge in [-0.25, -0.2) is 0 Å². The van der Waals surface area contributed by atoms with E-state index in [1.165, 1.54) is 28.1 Å². The van der Waals surface area contributed by atoms with E-state index >= 15 is 0 Å². The van der Waals surface area contributed by atoms with Gasteiger partial charge in [0.05, 0.1) is 13.7 Å². The summed E-state index contributed by atoms with van der Waals surface area (Å²) in [4.78, 5) is 0. The third kappa shape index (κ3) is 2.85. The fourth-order valence-corrected chi connectivity index (χ4v) is 4.60. The highest BCUT2D eigenvalue weighted by Crippen LogP contribution is 2.48. The van der Waals surface area contributed by atoms with Crippen molar-refractivity contribution in [2.75, 3.05) is 13.7 Å². The molecule has 1 unspecified atom stereocenters. The number of benzene rings is 3. The van der Waals surface area contributed by atoms with E-state index in [0.29, 0.717) is 0 Å². The van der Waals surface area contributed by atoms with Crippen LogP contribution in [0, 0.1) is 6.92 Å². The van der Waals surface area contributed by atoms with Gasteiger partial charge in [-0.15, -0.1) is 0 Å². The van der Waals surface area contributed by atoms with Crippen LogP contribution in [0.5, 0.6) is 5.75 Å². The van der Waals surface area contributed by atoms with Crippen molar-refractivity contribution < 1.29 is 4.74 Å². The molecule has 1 aliphatic heterocycles. The molecule has 1 radical (unpaired) electrons. The molecular weight excluding hydrogens is 330 g/mol. The Labute approximate surface area is 162 Å². The number of fused-ring (bicyclic) bond motifs is 2. The van der Waals surface area contributed by atoms with Crippen molar-refractivity contribution in [1.29, 1.82) is 0 Å². The largest absolute Gasteiger partial charge is 0.497 e. The van der Waals surface area contributed by atoms with E-state index in [0.717, 1.165) is 29.6 Å². The Morgan fingerprint density at radius 1 is 0.852 bits per heavy atom. The van der Waals surface area contributed by atoms with Crippen LogP contribution in [-0.4, -0.2) is 13.7 Å². The number of nitrogens with zero attached hydrogens (tertiary/aromatic N) is 1. The van der Waals surface area contributed by atoms with E-state index in [2.05, 4.69) is 67.6 Å². The molecule has 3 aromatic rings. The molecule has 0 N–H and O–H groups in total. The van der Waals surface area contributed by atoms with E-state index in [-0.39, 0.29) is 6.04 Å². The Hall–Kier alpha value is -2.58. The van der Waals surface area contributed by atoms with Gasteiger partial charge in [0.15, 0.2) is 0 Å². The first kappa shape index (κ1) is 17.8. The maximum atomic E-state index is 5.35. The summed E-state index contributed by atoms with van der Waals surface area (Å²) < 4.78 is 6.10. The van der Waals surface area contributed by atoms with Gasteiger partial charge >= 0.3 is 0 Å². The molecule has 137 valence electrons. The molecule has 0 fully saturated rings. The maximum Gasteiger partial charge on any atom is 0.141 e. The van der Waals surface area contributed by atoms with Crippen molar-refractivity contribution in [3.63, 3.8) is 0 Å². The first-order valence-corrected chi connectivity index (χ1v) is 9.72. The van der Waals surface area contributed by atoms with Gasteiger partial charge in [-0.05, 0) is 56.2 Å². The predicted molar refractivity (Wildman–Crippen MR) is 113 cm³/mol. The molecule has 0 saturated carbocycles. The Kier molecular flexibility index (Phi) is 4.75. The van der Waals surface area contributed by atoms with E-state index < -0.39 is 0 Å². The van der Waals surface area contributed by atoms with Gasteiger partial charge in [0.25, 0.3) is 0 Å². The highest BCUT2D eigenvalue weighted by Gasteiger charge is 2.42. The molecule has 2 heteroatoms. The summed E-state index contributed by atoms with van der Waals surface area (Å²) in [7, 11) is 1.71. The molecule has 0 aliphatic carbocycles. The molecule has 1 aliphatic rings. The van der Waals surface area contributed by atoms with E-state index in [1.54, 1.807) is 7.11 Å². The Balaban J connectivity index is 1.96. The number of quaternary nitrogens is 1. The van der Waals surface area contributed by atoms with Gasteiger partial charge in [0.2, 0.25) is 0 Å². The third-order valence-electron chi connectivity index (χ3n) is 6.04. The fraction of sp³-hybridized carbons (Fsp3) is 0.240. The third-order valence-corrected chi connectivity index (χ3v) is 6.04. The molecule has 0 spiro atoms. The monoisotopic (exact) mass is 357 g/mol. The lowest BCUT2D eigenvalue weighted by Gasteiger charge is -2.43. The number of hydrogen-bond donors (Lipinski definition) is 0. The lowest BCUT2D eigenvalue weighted by Crippen LogP contribution is -2.47. The molecule has 0 saturated heterocycles. The molecule has 3 aromatic carbocycles. The predicted octanol–water partition coefficient (Wildman–Crippen LogP) is 6.03. The van der Waals surface area contributed by atoms with Crippen molar-refractivity contribution >= 4 is 11.4 Å². The summed E-state index contributed by atoms with van der Waals surface area (Å²) in [5.74, 6) is 0.880. The minimum Gasteiger partial charge on any atom is -0.497 e. The minimum absolute atomic E-state index is 0.0568. The SMILES string of the molecule is [CH2]C(c1ccc(OC)cc1)[N+]1(CC)c2ccccc2CCc2ccccc21. The van der Waals surface area contributed by atoms with Gasteiger partial charge in [0, 0.05) is 23.6 Å². The van der Waals surface area contributed by atoms with Crippen LogP contribution in [-0.2, 0) is 12.8 Å². The van der Waals surface area contributed by atoms with Crippen LogP contribution >= 0.6 is 0 Å². The van der Waals surface area contributed by atoms with Gasteiger partial charge in [-0.1, -0.05) is 36.4 Å². The highest BCUT2D eigenvalue weighted by atomic mass is 16.5. The molecule has 0 aromatic heterocycles. The topological polar surface area (TPSA) is 9.23 Å². The maximum absolute atomic E-state index is 5.35. The van der Waals surface area contributed by atoms with Crippen LogP contribution in [0.4, 0.5) is 11.4 Å². The number of para-hydroxylation sites is 2. The van der Waals surface area contributed by atoms with Crippen molar-refractivity contribution in [1.82, 2.24) is 4.48 Å². The number of aryl methyl sites for hydroxylation is 2. The Bertz CT molecular complexity index is 882. The zero-order valence-electron chi connectivity index (χ0n) is 16.2. The minimum atomic E-state index is 0.0568. The number of rotatable bonds is 4. The highest BCUT2D eigenvalue weighted by molar-refractivity contribution is 5.68. The molecule has 0 bridgehead atoms. The molecule has 1 heterocycles. The summed E-state index contributed by atoms with van der Waals surface area (Å²) in [5.41, 5.74) is 6.83. The van der Waals surface area contributed by atoms with Crippen LogP contribution in [0.15, 0.2) is 72.8 Å². The van der Waals surface area contributed by atoms with Crippen molar-refractivity contribution in [3.8, 4) is 5.75 Å². The smallest absolute Gasteiger partial charge is 0.141 e. The quantitative estimate of drug-likeness (QED) is 0.518. The second-order valence-electron chi connectivity index (χ2n) is 7.23. The summed E-state index contributed by atoms with van der Waals surface area (Å²) >= 11 is 0. The summed E-state index contributed by atoms with van der Waals surface area (Å²) in [5, 5.41) is 0. The van der Waals surface area contributed by atoms with Crippen LogP contribution in [0.25, 0.3) is 0 Å². The average molecular weight is 357 g/mol. The van der Waals surface area contributed by atoms with Crippen LogP contribution in [0.3, 0.4) is 0 Å². The molecule has 27 heavy (non-hydrogen) atoms. The molecular formula is C25H27NO+. The number of hydrogen-bond acceptors (Lipinski definition) is 1. The number of methoxy groups -OCH3 is 1. The van der Waals surface area contributed by atoms with Crippen LogP contribution in [0.2, 0.25) is 0 Å². The first-order valence-electron chi connectivity index (χ1n) is 9.72. The van der Waals surface area contributed by atoms with Gasteiger partial charge < -0.3 is 4.74 Å². The van der Waals surface area contributed by atoms with Crippen molar-refractivity contribution in [3.05, 3.63) is 96.4 Å². The zero-order valence-corrected chi connectivity index (χ0v) is 16.2. The van der Waals surface area contributed by atoms with Crippen LogP contribution < -0.4 is 9.22 Å². The lowest BCUT2D eigenvalue weighted by atomic mass is 9.98. The number of ether oxygens (including phenoxy) is 1. The standard InChI is InChI=1S/C25H27NO/c1-4-26(19(2)20-15-17-23(27-3)18-16-20)24-11-7-5-9-21(24)13-14-22-10-6-8-12-25(22)26/h5-12,15-19H,2,4,13-14H2,1,3H3/q+1. The molecule has 0 amide bonds. The molecule has 2 nitrogen and oxygen atoms in total. The fourth-order valence-electron chi connectivity index (χ4n) is 4.60. The summed E-state index contributed by atoms with van der Waals surface area (Å²) in [6.45, 7) is 7.93. The summed E-state index contributed by atoms with van der Waals surface area (Å²) in [6, 6.07) is 26.2. The summed E-state index contributed by atoms with van der Waals surface area (Å²) in [6.07, 6.45) is 2.14. The molecule has 1 atom stereocenters. The second-order valence-corrected chi connectivity index (χ2v) is 7.23. The second kappa shape index (κ2) is 7.21. The zero-order chi connectivity index (χ0) is 18.9. The average Bonchev–Trinajstić information content (AvgIpc) is 2.88. The van der Waals surface area contributed by atoms with Crippen LogP contribution in [0.1, 0.15) is 29.7 Å². The van der Waals surface area contributed by atoms with E-state index in [1.807, 2.05) is 12.1 Å². The first-order chi connectivity index (χ1) is 13.2. The van der Waals surface area contributed by atoms with E-state index in [4.69, 9.17) is 11.7 Å². The van der Waals surface area contributed by atoms with Gasteiger partial charge in [0.1, 0.15) is 23.2 Å². The lowest BCUT2D eigenvalue weighted by molar-refractivity contribution is 0.344. The van der Waals surface area contributed by atoms with E-state index in [9.17, 15) is 0 Å².